The third-order valence-electron chi connectivity index (χ3n) is 3.64. The van der Waals surface area contributed by atoms with Crippen LogP contribution in [0.2, 0.25) is 29.4 Å². The van der Waals surface area contributed by atoms with Gasteiger partial charge in [0.15, 0.2) is 0 Å². The quantitative estimate of drug-likeness (QED) is 0.437. The maximum atomic E-state index is 2.46. The van der Waals surface area contributed by atoms with E-state index in [0.29, 0.717) is 3.72 Å². The Hall–Kier alpha value is 1.28. The molecule has 0 heterocycles. The summed E-state index contributed by atoms with van der Waals surface area (Å²) in [4.78, 5) is 0. The van der Waals surface area contributed by atoms with Gasteiger partial charge in [-0.15, -0.1) is 0 Å². The molecule has 0 aromatic carbocycles. The van der Waals surface area contributed by atoms with Gasteiger partial charge in [0.25, 0.3) is 0 Å². The Morgan fingerprint density at radius 1 is 0.944 bits per heavy atom. The average Bonchev–Trinajstić information content (AvgIpc) is 2.18. The van der Waals surface area contributed by atoms with Crippen LogP contribution in [0, 0.1) is 0 Å². The van der Waals surface area contributed by atoms with Gasteiger partial charge in [-0.25, -0.2) is 0 Å². The van der Waals surface area contributed by atoms with Gasteiger partial charge in [-0.2, -0.15) is 0 Å². The molecular formula is C13H23Cl3SiTi. The maximum absolute atomic E-state index is 2.46. The first kappa shape index (κ1) is 24.3. The van der Waals surface area contributed by atoms with E-state index in [-0.39, 0.29) is 37.2 Å². The van der Waals surface area contributed by atoms with Crippen molar-refractivity contribution in [2.75, 3.05) is 0 Å². The van der Waals surface area contributed by atoms with E-state index in [1.165, 1.54) is 11.6 Å². The van der Waals surface area contributed by atoms with Crippen molar-refractivity contribution < 1.29 is 57.7 Å². The number of allylic oxidation sites excluding steroid dienone is 4. The van der Waals surface area contributed by atoms with Crippen LogP contribution in [0.5, 0.6) is 0 Å². The predicted molar refractivity (Wildman–Crippen MR) is 67.6 cm³/mol. The molecule has 0 radical (unpaired) electrons. The standard InChI is InChI=1S/C13H23Si.3ClH.Ti/c1-9-10(2)12(4)13(11(9)3)8-14(5,6)7;;;;/h8H2,1-7H3;3*1H;/q;;;;+3/p-3. The molecule has 1 rings (SSSR count). The van der Waals surface area contributed by atoms with E-state index in [4.69, 9.17) is 0 Å². The van der Waals surface area contributed by atoms with Crippen molar-refractivity contribution in [2.45, 2.75) is 57.1 Å². The third kappa shape index (κ3) is 5.00. The molecule has 0 saturated carbocycles. The first-order valence-electron chi connectivity index (χ1n) is 5.71. The Kier molecular flexibility index (Phi) is 10.7. The minimum absolute atomic E-state index is 0. The zero-order valence-electron chi connectivity index (χ0n) is 12.3. The fourth-order valence-corrected chi connectivity index (χ4v) is 5.00. The van der Waals surface area contributed by atoms with E-state index in [2.05, 4.69) is 67.8 Å². The molecule has 5 heteroatoms. The summed E-state index contributed by atoms with van der Waals surface area (Å²) in [6.07, 6.45) is 0. The van der Waals surface area contributed by atoms with Gasteiger partial charge < -0.3 is 37.2 Å². The zero-order chi connectivity index (χ0) is 12.0. The van der Waals surface area contributed by atoms with Gasteiger partial charge in [-0.3, -0.25) is 0 Å². The van der Waals surface area contributed by atoms with E-state index >= 15 is 0 Å². The Labute approximate surface area is 144 Å². The third-order valence-corrected chi connectivity index (χ3v) is 6.11. The normalized spacial score (nSPS) is 23.4. The van der Waals surface area contributed by atoms with Crippen molar-refractivity contribution in [3.05, 3.63) is 22.3 Å². The summed E-state index contributed by atoms with van der Waals surface area (Å²) >= 11 is 2.39. The monoisotopic (exact) mass is 360 g/mol. The molecule has 0 saturated heterocycles. The summed E-state index contributed by atoms with van der Waals surface area (Å²) in [5, 5.41) is 0. The van der Waals surface area contributed by atoms with Crippen LogP contribution < -0.4 is 37.2 Å². The Balaban J connectivity index is -0.000000750. The molecule has 0 amide bonds. The Morgan fingerprint density at radius 3 is 1.56 bits per heavy atom. The van der Waals surface area contributed by atoms with Gasteiger partial charge in [-0.1, -0.05) is 0 Å². The average molecular weight is 362 g/mol. The van der Waals surface area contributed by atoms with Crippen molar-refractivity contribution in [3.63, 3.8) is 0 Å². The van der Waals surface area contributed by atoms with Crippen molar-refractivity contribution in [3.8, 4) is 0 Å². The number of hydrogen-bond donors (Lipinski definition) is 0. The molecule has 0 aromatic heterocycles. The minimum atomic E-state index is -0.997. The summed E-state index contributed by atoms with van der Waals surface area (Å²) in [7, 11) is -0.997. The second kappa shape index (κ2) is 7.90. The molecule has 1 aliphatic rings. The van der Waals surface area contributed by atoms with E-state index in [1.54, 1.807) is 16.7 Å². The van der Waals surface area contributed by atoms with Gasteiger partial charge in [0.05, 0.1) is 0 Å². The molecule has 0 aliphatic heterocycles. The number of halogens is 3. The minimum Gasteiger partial charge on any atom is -1.00 e. The van der Waals surface area contributed by atoms with Gasteiger partial charge in [0.2, 0.25) is 0 Å². The van der Waals surface area contributed by atoms with Crippen LogP contribution in [0.15, 0.2) is 22.3 Å². The molecule has 0 nitrogen and oxygen atoms in total. The molecule has 0 fully saturated rings. The van der Waals surface area contributed by atoms with Gasteiger partial charge in [0, 0.05) is 0 Å². The molecule has 0 N–H and O–H groups in total. The predicted octanol–water partition coefficient (Wildman–Crippen LogP) is -4.27. The molecular weight excluding hydrogens is 338 g/mol. The van der Waals surface area contributed by atoms with Gasteiger partial charge in [-0.05, 0) is 0 Å². The smallest absolute Gasteiger partial charge is 1.00 e. The molecule has 0 spiro atoms. The van der Waals surface area contributed by atoms with Crippen LogP contribution in [0.3, 0.4) is 0 Å². The second-order valence-corrected chi connectivity index (χ2v) is 13.3. The topological polar surface area (TPSA) is 0 Å². The van der Waals surface area contributed by atoms with Gasteiger partial charge >= 0.3 is 108 Å². The first-order valence-corrected chi connectivity index (χ1v) is 10.2. The molecule has 18 heavy (non-hydrogen) atoms. The van der Waals surface area contributed by atoms with Crippen molar-refractivity contribution in [1.29, 1.82) is 0 Å². The SMILES string of the molecule is CC1=C(C)[C](C)([Ti+3])C(C[Si](C)(C)C)=C1C.[Cl-].[Cl-].[Cl-]. The van der Waals surface area contributed by atoms with Crippen LogP contribution in [-0.4, -0.2) is 8.07 Å². The van der Waals surface area contributed by atoms with Crippen molar-refractivity contribution in [1.82, 2.24) is 0 Å². The Bertz CT molecular complexity index is 352. The summed E-state index contributed by atoms with van der Waals surface area (Å²) in [6, 6.07) is 1.35. The van der Waals surface area contributed by atoms with Crippen LogP contribution in [0.1, 0.15) is 27.7 Å². The first-order chi connectivity index (χ1) is 6.57. The maximum Gasteiger partial charge on any atom is -1.00 e. The molecule has 1 unspecified atom stereocenters. The van der Waals surface area contributed by atoms with Crippen LogP contribution in [0.4, 0.5) is 0 Å². The molecule has 1 atom stereocenters. The largest absolute Gasteiger partial charge is 1.00 e. The van der Waals surface area contributed by atoms with Crippen LogP contribution in [0.25, 0.3) is 0 Å². The van der Waals surface area contributed by atoms with E-state index in [9.17, 15) is 0 Å². The van der Waals surface area contributed by atoms with E-state index < -0.39 is 8.07 Å². The number of rotatable bonds is 2. The fourth-order valence-electron chi connectivity index (χ4n) is 2.32. The summed E-state index contributed by atoms with van der Waals surface area (Å²) in [5.41, 5.74) is 6.39. The second-order valence-electron chi connectivity index (χ2n) is 6.22. The zero-order valence-corrected chi connectivity index (χ0v) is 17.2. The molecule has 104 valence electrons. The van der Waals surface area contributed by atoms with E-state index in [0.717, 1.165) is 0 Å². The Morgan fingerprint density at radius 2 is 1.33 bits per heavy atom. The van der Waals surface area contributed by atoms with Gasteiger partial charge in [0.1, 0.15) is 0 Å². The molecule has 1 aliphatic carbocycles. The van der Waals surface area contributed by atoms with Crippen LogP contribution >= 0.6 is 0 Å². The summed E-state index contributed by atoms with van der Waals surface area (Å²) in [6.45, 7) is 16.7. The summed E-state index contributed by atoms with van der Waals surface area (Å²) in [5.74, 6) is 0. The molecule has 0 bridgehead atoms. The van der Waals surface area contributed by atoms with Crippen molar-refractivity contribution in [2.24, 2.45) is 0 Å². The number of hydrogen-bond acceptors (Lipinski definition) is 0. The summed E-state index contributed by atoms with van der Waals surface area (Å²) < 4.78 is 0.314. The van der Waals surface area contributed by atoms with Crippen molar-refractivity contribution >= 4 is 8.07 Å². The van der Waals surface area contributed by atoms with E-state index in [1.807, 2.05) is 0 Å². The molecule has 0 aromatic rings. The fraction of sp³-hybridized carbons (Fsp3) is 0.692. The van der Waals surface area contributed by atoms with Crippen LogP contribution in [-0.2, 0) is 20.4 Å².